The lowest BCUT2D eigenvalue weighted by molar-refractivity contribution is -0.116. The SMILES string of the molecule is C=CC(=O)NC[C@H]1[C@@H]2C[C@H]3[C@H]1Cc1nc(ncc1F)Nc1cccc(c1)C(O)CS[C@@H]3C2. The van der Waals surface area contributed by atoms with Crippen LogP contribution in [-0.2, 0) is 11.2 Å². The Bertz CT molecular complexity index is 1030. The molecule has 5 rings (SSSR count). The molecule has 168 valence electrons. The van der Waals surface area contributed by atoms with E-state index in [9.17, 15) is 14.3 Å². The van der Waals surface area contributed by atoms with Gasteiger partial charge in [-0.05, 0) is 66.7 Å². The topological polar surface area (TPSA) is 87.1 Å². The molecule has 0 saturated heterocycles. The van der Waals surface area contributed by atoms with E-state index < -0.39 is 11.9 Å². The van der Waals surface area contributed by atoms with Crippen LogP contribution in [0, 0.1) is 29.5 Å². The predicted octanol–water partition coefficient (Wildman–Crippen LogP) is 3.63. The summed E-state index contributed by atoms with van der Waals surface area (Å²) in [6.45, 7) is 4.10. The molecule has 2 aromatic rings. The number of hydrogen-bond acceptors (Lipinski definition) is 6. The van der Waals surface area contributed by atoms with E-state index in [-0.39, 0.29) is 17.7 Å². The Hall–Kier alpha value is -2.45. The number of thioether (sulfide) groups is 1. The Morgan fingerprint density at radius 1 is 1.38 bits per heavy atom. The van der Waals surface area contributed by atoms with E-state index in [0.29, 0.717) is 47.4 Å². The minimum Gasteiger partial charge on any atom is -0.388 e. The fourth-order valence-corrected chi connectivity index (χ4v) is 7.30. The van der Waals surface area contributed by atoms with Gasteiger partial charge in [-0.2, -0.15) is 11.8 Å². The third kappa shape index (κ3) is 4.13. The Morgan fingerprint density at radius 3 is 3.09 bits per heavy atom. The summed E-state index contributed by atoms with van der Waals surface area (Å²) in [5.41, 5.74) is 2.01. The van der Waals surface area contributed by atoms with Crippen LogP contribution in [0.3, 0.4) is 0 Å². The van der Waals surface area contributed by atoms with Gasteiger partial charge in [0, 0.05) is 23.2 Å². The van der Waals surface area contributed by atoms with Gasteiger partial charge in [-0.25, -0.2) is 14.4 Å². The predicted molar refractivity (Wildman–Crippen MR) is 123 cm³/mol. The van der Waals surface area contributed by atoms with Crippen molar-refractivity contribution < 1.29 is 14.3 Å². The third-order valence-electron chi connectivity index (χ3n) is 7.23. The van der Waals surface area contributed by atoms with E-state index >= 15 is 0 Å². The molecule has 2 aliphatic carbocycles. The van der Waals surface area contributed by atoms with Crippen LogP contribution in [0.25, 0.3) is 0 Å². The molecule has 6 nitrogen and oxygen atoms in total. The maximum absolute atomic E-state index is 14.7. The number of nitrogens with zero attached hydrogens (tertiary/aromatic N) is 2. The van der Waals surface area contributed by atoms with Gasteiger partial charge in [-0.3, -0.25) is 4.79 Å². The molecule has 0 spiro atoms. The molecular formula is C24H27FN4O2S. The second kappa shape index (κ2) is 8.83. The molecule has 2 heterocycles. The Balaban J connectivity index is 1.48. The van der Waals surface area contributed by atoms with Crippen molar-refractivity contribution in [2.24, 2.45) is 23.7 Å². The second-order valence-corrected chi connectivity index (χ2v) is 10.3. The number of halogens is 1. The highest BCUT2D eigenvalue weighted by molar-refractivity contribution is 7.99. The Labute approximate surface area is 191 Å². The summed E-state index contributed by atoms with van der Waals surface area (Å²) >= 11 is 1.82. The number of nitrogens with one attached hydrogen (secondary N) is 2. The number of benzene rings is 1. The first-order valence-electron chi connectivity index (χ1n) is 11.1. The highest BCUT2D eigenvalue weighted by Crippen LogP contribution is 2.57. The molecule has 1 aromatic carbocycles. The zero-order valence-electron chi connectivity index (χ0n) is 17.7. The lowest BCUT2D eigenvalue weighted by atomic mass is 9.76. The van der Waals surface area contributed by atoms with E-state index in [2.05, 4.69) is 27.2 Å². The van der Waals surface area contributed by atoms with E-state index in [1.165, 1.54) is 12.3 Å². The monoisotopic (exact) mass is 454 g/mol. The molecule has 2 fully saturated rings. The maximum Gasteiger partial charge on any atom is 0.243 e. The molecule has 1 unspecified atom stereocenters. The Morgan fingerprint density at radius 2 is 2.25 bits per heavy atom. The van der Waals surface area contributed by atoms with E-state index in [1.807, 2.05) is 36.0 Å². The largest absolute Gasteiger partial charge is 0.388 e. The quantitative estimate of drug-likeness (QED) is 0.614. The first-order valence-corrected chi connectivity index (χ1v) is 12.1. The van der Waals surface area contributed by atoms with Crippen molar-refractivity contribution >= 4 is 29.3 Å². The standard InChI is InChI=1S/C24H27FN4O2S/c1-2-23(31)26-10-18-14-7-17-16(18)9-20-19(25)11-27-24(29-20)28-15-5-3-4-13(6-15)21(30)12-32-22(17)8-14/h2-6,11,14,16-18,21-22,30H,1,7-10,12H2,(H,26,31)(H,27,28,29)/t14-,16-,17+,18+,21?,22-/m1/s1. The Kier molecular flexibility index (Phi) is 5.90. The van der Waals surface area contributed by atoms with Crippen LogP contribution in [0.5, 0.6) is 0 Å². The summed E-state index contributed by atoms with van der Waals surface area (Å²) in [6.07, 6.45) is 4.60. The molecule has 1 amide bonds. The van der Waals surface area contributed by atoms with Gasteiger partial charge < -0.3 is 15.7 Å². The van der Waals surface area contributed by atoms with Crippen LogP contribution < -0.4 is 10.6 Å². The van der Waals surface area contributed by atoms with Crippen molar-refractivity contribution in [3.63, 3.8) is 0 Å². The van der Waals surface area contributed by atoms with Crippen molar-refractivity contribution in [1.29, 1.82) is 0 Å². The smallest absolute Gasteiger partial charge is 0.243 e. The van der Waals surface area contributed by atoms with Crippen molar-refractivity contribution in [1.82, 2.24) is 15.3 Å². The molecule has 8 heteroatoms. The summed E-state index contributed by atoms with van der Waals surface area (Å²) in [4.78, 5) is 20.4. The van der Waals surface area contributed by atoms with Crippen LogP contribution in [-0.4, -0.2) is 38.5 Å². The van der Waals surface area contributed by atoms with Crippen LogP contribution >= 0.6 is 11.8 Å². The van der Waals surface area contributed by atoms with Crippen molar-refractivity contribution in [3.8, 4) is 0 Å². The van der Waals surface area contributed by atoms with Crippen LogP contribution in [0.2, 0.25) is 0 Å². The number of fused-ring (bicyclic) bond motifs is 5. The maximum atomic E-state index is 14.7. The van der Waals surface area contributed by atoms with Crippen LogP contribution in [0.15, 0.2) is 43.1 Å². The summed E-state index contributed by atoms with van der Waals surface area (Å²) in [5.74, 6) is 1.76. The van der Waals surface area contributed by atoms with Gasteiger partial charge in [0.05, 0.1) is 18.0 Å². The normalized spacial score (nSPS) is 30.8. The molecule has 3 aliphatic rings. The lowest BCUT2D eigenvalue weighted by Gasteiger charge is -2.36. The van der Waals surface area contributed by atoms with Gasteiger partial charge in [-0.1, -0.05) is 18.7 Å². The average Bonchev–Trinajstić information content (AvgIpc) is 3.36. The lowest BCUT2D eigenvalue weighted by Crippen LogP contribution is -2.39. The number of hydrogen-bond donors (Lipinski definition) is 3. The molecule has 2 saturated carbocycles. The molecule has 1 aliphatic heterocycles. The molecule has 3 N–H and O–H groups in total. The van der Waals surface area contributed by atoms with Crippen molar-refractivity contribution in [2.75, 3.05) is 17.6 Å². The highest BCUT2D eigenvalue weighted by atomic mass is 32.2. The van der Waals surface area contributed by atoms with E-state index in [1.54, 1.807) is 0 Å². The molecule has 32 heavy (non-hydrogen) atoms. The van der Waals surface area contributed by atoms with Gasteiger partial charge in [0.25, 0.3) is 0 Å². The summed E-state index contributed by atoms with van der Waals surface area (Å²) in [7, 11) is 0. The van der Waals surface area contributed by atoms with Gasteiger partial charge in [0.1, 0.15) is 0 Å². The summed E-state index contributed by atoms with van der Waals surface area (Å²) in [6, 6.07) is 7.58. The molecular weight excluding hydrogens is 427 g/mol. The third-order valence-corrected chi connectivity index (χ3v) is 8.71. The van der Waals surface area contributed by atoms with Gasteiger partial charge in [0.2, 0.25) is 11.9 Å². The van der Waals surface area contributed by atoms with Crippen LogP contribution in [0.4, 0.5) is 16.0 Å². The number of carbonyl (C=O) groups is 1. The van der Waals surface area contributed by atoms with E-state index in [4.69, 9.17) is 0 Å². The zero-order valence-corrected chi connectivity index (χ0v) is 18.5. The summed E-state index contributed by atoms with van der Waals surface area (Å²) in [5, 5.41) is 17.3. The first-order chi connectivity index (χ1) is 15.5. The molecule has 6 bridgehead atoms. The summed E-state index contributed by atoms with van der Waals surface area (Å²) < 4.78 is 14.7. The highest BCUT2D eigenvalue weighted by Gasteiger charge is 2.52. The number of aliphatic hydroxyl groups is 1. The number of rotatable bonds is 3. The molecule has 6 atom stereocenters. The van der Waals surface area contributed by atoms with Gasteiger partial charge in [-0.15, -0.1) is 0 Å². The second-order valence-electron chi connectivity index (χ2n) is 9.00. The average molecular weight is 455 g/mol. The van der Waals surface area contributed by atoms with Gasteiger partial charge in [0.15, 0.2) is 5.82 Å². The number of anilines is 2. The number of aliphatic hydroxyl groups excluding tert-OH is 1. The van der Waals surface area contributed by atoms with Crippen molar-refractivity contribution in [2.45, 2.75) is 30.6 Å². The molecule has 1 aromatic heterocycles. The zero-order chi connectivity index (χ0) is 22.2. The van der Waals surface area contributed by atoms with Crippen LogP contribution in [0.1, 0.15) is 30.2 Å². The minimum atomic E-state index is -0.561. The van der Waals surface area contributed by atoms with Gasteiger partial charge >= 0.3 is 0 Å². The van der Waals surface area contributed by atoms with Crippen molar-refractivity contribution in [3.05, 3.63) is 60.2 Å². The molecule has 0 radical (unpaired) electrons. The fraction of sp³-hybridized carbons (Fsp3) is 0.458. The number of aromatic nitrogens is 2. The minimum absolute atomic E-state index is 0.177. The van der Waals surface area contributed by atoms with E-state index in [0.717, 1.165) is 24.1 Å². The number of carbonyl (C=O) groups excluding carboxylic acids is 1. The first kappa shape index (κ1) is 21.4. The fourth-order valence-electron chi connectivity index (χ4n) is 5.73. The number of amides is 1.